The number of hydrogen-bond donors (Lipinski definition) is 0. The van der Waals surface area contributed by atoms with Crippen molar-refractivity contribution in [1.82, 2.24) is 0 Å². The topological polar surface area (TPSA) is 0 Å². The minimum absolute atomic E-state index is 0.926. The number of unbranched alkanes of at least 4 members (excludes halogenated alkanes) is 1. The van der Waals surface area contributed by atoms with Gasteiger partial charge in [0, 0.05) is 0 Å². The predicted molar refractivity (Wildman–Crippen MR) is 56.6 cm³/mol. The van der Waals surface area contributed by atoms with E-state index in [0.29, 0.717) is 0 Å². The van der Waals surface area contributed by atoms with Gasteiger partial charge in [-0.15, -0.1) is 0 Å². The third-order valence-electron chi connectivity index (χ3n) is 1.98. The summed E-state index contributed by atoms with van der Waals surface area (Å²) in [5.41, 5.74) is 2.49. The molecule has 0 rings (SSSR count). The first-order chi connectivity index (χ1) is 5.12. The van der Waals surface area contributed by atoms with E-state index in [1.165, 1.54) is 25.3 Å². The van der Waals surface area contributed by atoms with E-state index in [-0.39, 0.29) is 0 Å². The zero-order valence-electron chi connectivity index (χ0n) is 8.48. The molecule has 0 aliphatic heterocycles. The minimum Gasteiger partial charge on any atom is -0.0987 e. The van der Waals surface area contributed by atoms with Gasteiger partial charge in [0.15, 0.2) is 0 Å². The van der Waals surface area contributed by atoms with Crippen LogP contribution in [0, 0.1) is 0 Å². The quantitative estimate of drug-likeness (QED) is 0.547. The Morgan fingerprint density at radius 1 is 1.18 bits per heavy atom. The highest BCUT2D eigenvalue weighted by atomic mass is 28.3. The van der Waals surface area contributed by atoms with Gasteiger partial charge in [0.05, 0.1) is 8.07 Å². The molecule has 0 amide bonds. The van der Waals surface area contributed by atoms with Gasteiger partial charge in [0.25, 0.3) is 0 Å². The Morgan fingerprint density at radius 2 is 1.82 bits per heavy atom. The summed E-state index contributed by atoms with van der Waals surface area (Å²) >= 11 is 0. The van der Waals surface area contributed by atoms with E-state index in [2.05, 4.69) is 38.7 Å². The minimum atomic E-state index is -0.926. The molecule has 0 radical (unpaired) electrons. The summed E-state index contributed by atoms with van der Waals surface area (Å²) in [6.07, 6.45) is 6.29. The first kappa shape index (κ1) is 11.0. The number of allylic oxidation sites excluding steroid dienone is 1. The van der Waals surface area contributed by atoms with Crippen LogP contribution < -0.4 is 0 Å². The van der Waals surface area contributed by atoms with Crippen molar-refractivity contribution in [3.63, 3.8) is 0 Å². The molecule has 0 aromatic rings. The molecule has 0 heterocycles. The fourth-order valence-electron chi connectivity index (χ4n) is 1.15. The van der Waals surface area contributed by atoms with Crippen molar-refractivity contribution in [1.29, 1.82) is 0 Å². The van der Waals surface area contributed by atoms with Crippen LogP contribution in [0.4, 0.5) is 0 Å². The summed E-state index contributed by atoms with van der Waals surface area (Å²) in [7, 11) is -0.926. The molecule has 0 N–H and O–H groups in total. The Morgan fingerprint density at radius 3 is 2.27 bits per heavy atom. The van der Waals surface area contributed by atoms with Crippen LogP contribution in [0.15, 0.2) is 11.8 Å². The van der Waals surface area contributed by atoms with Gasteiger partial charge in [-0.3, -0.25) is 0 Å². The molecular weight excluding hydrogens is 148 g/mol. The Hall–Kier alpha value is -0.0431. The Bertz CT molecular complexity index is 114. The lowest BCUT2D eigenvalue weighted by atomic mass is 10.4. The zero-order valence-corrected chi connectivity index (χ0v) is 9.48. The maximum absolute atomic E-state index is 2.49. The van der Waals surface area contributed by atoms with Gasteiger partial charge < -0.3 is 0 Å². The van der Waals surface area contributed by atoms with E-state index < -0.39 is 8.07 Å². The molecule has 0 fully saturated rings. The molecule has 0 saturated carbocycles. The lowest BCUT2D eigenvalue weighted by Crippen LogP contribution is -2.21. The van der Waals surface area contributed by atoms with E-state index >= 15 is 0 Å². The second-order valence-corrected chi connectivity index (χ2v) is 8.71. The fourth-order valence-corrected chi connectivity index (χ4v) is 3.46. The van der Waals surface area contributed by atoms with Crippen molar-refractivity contribution in [3.8, 4) is 0 Å². The van der Waals surface area contributed by atoms with Crippen molar-refractivity contribution in [3.05, 3.63) is 11.8 Å². The van der Waals surface area contributed by atoms with Crippen LogP contribution in [0.5, 0.6) is 0 Å². The van der Waals surface area contributed by atoms with E-state index in [1.54, 1.807) is 0 Å². The summed E-state index contributed by atoms with van der Waals surface area (Å²) in [4.78, 5) is 0. The average Bonchev–Trinajstić information content (AvgIpc) is 1.97. The first-order valence-corrected chi connectivity index (χ1v) is 8.08. The summed E-state index contributed by atoms with van der Waals surface area (Å²) in [6, 6.07) is 1.46. The molecule has 0 spiro atoms. The largest absolute Gasteiger partial charge is 0.0987 e. The smallest absolute Gasteiger partial charge is 0.0713 e. The molecule has 0 unspecified atom stereocenters. The predicted octanol–water partition coefficient (Wildman–Crippen LogP) is 4.00. The van der Waals surface area contributed by atoms with Crippen molar-refractivity contribution in [2.45, 2.75) is 52.2 Å². The van der Waals surface area contributed by atoms with E-state index in [9.17, 15) is 0 Å². The second kappa shape index (κ2) is 5.59. The Labute approximate surface area is 72.7 Å². The third-order valence-corrected chi connectivity index (χ3v) is 4.76. The van der Waals surface area contributed by atoms with E-state index in [0.717, 1.165) is 0 Å². The summed E-state index contributed by atoms with van der Waals surface area (Å²) in [5, 5.41) is 0. The van der Waals surface area contributed by atoms with E-state index in [4.69, 9.17) is 0 Å². The molecule has 0 atom stereocenters. The van der Waals surface area contributed by atoms with Gasteiger partial charge in [-0.05, 0) is 6.42 Å². The Balaban J connectivity index is 3.69. The molecule has 1 heteroatoms. The van der Waals surface area contributed by atoms with Crippen molar-refractivity contribution >= 4 is 8.07 Å². The molecule has 0 saturated heterocycles. The number of rotatable bonds is 5. The van der Waals surface area contributed by atoms with Crippen LogP contribution in [-0.2, 0) is 0 Å². The van der Waals surface area contributed by atoms with E-state index in [1.807, 2.05) is 0 Å². The van der Waals surface area contributed by atoms with Gasteiger partial charge in [-0.2, -0.15) is 0 Å². The SMILES string of the molecule is CC/C=C/[Si](C)(C)CCCC. The fraction of sp³-hybridized carbons (Fsp3) is 0.800. The maximum Gasteiger partial charge on any atom is 0.0713 e. The summed E-state index contributed by atoms with van der Waals surface area (Å²) in [6.45, 7) is 9.39. The zero-order chi connectivity index (χ0) is 8.74. The van der Waals surface area contributed by atoms with Gasteiger partial charge >= 0.3 is 0 Å². The maximum atomic E-state index is 2.49. The lowest BCUT2D eigenvalue weighted by molar-refractivity contribution is 0.870. The molecule has 0 bridgehead atoms. The van der Waals surface area contributed by atoms with Crippen LogP contribution in [0.1, 0.15) is 33.1 Å². The van der Waals surface area contributed by atoms with Crippen molar-refractivity contribution in [2.24, 2.45) is 0 Å². The van der Waals surface area contributed by atoms with Crippen molar-refractivity contribution in [2.75, 3.05) is 0 Å². The van der Waals surface area contributed by atoms with Gasteiger partial charge in [0.1, 0.15) is 0 Å². The highest BCUT2D eigenvalue weighted by molar-refractivity contribution is 6.82. The molecule has 0 aliphatic rings. The average molecular weight is 170 g/mol. The highest BCUT2D eigenvalue weighted by Crippen LogP contribution is 2.14. The molecule has 0 aliphatic carbocycles. The number of hydrogen-bond acceptors (Lipinski definition) is 0. The normalized spacial score (nSPS) is 12.7. The molecule has 0 aromatic heterocycles. The van der Waals surface area contributed by atoms with Crippen LogP contribution in [0.2, 0.25) is 19.1 Å². The van der Waals surface area contributed by atoms with Crippen molar-refractivity contribution < 1.29 is 0 Å². The van der Waals surface area contributed by atoms with Crippen LogP contribution in [0.3, 0.4) is 0 Å². The van der Waals surface area contributed by atoms with Gasteiger partial charge in [-0.1, -0.05) is 57.6 Å². The monoisotopic (exact) mass is 170 g/mol. The van der Waals surface area contributed by atoms with Crippen LogP contribution in [-0.4, -0.2) is 8.07 Å². The van der Waals surface area contributed by atoms with Gasteiger partial charge in [0.2, 0.25) is 0 Å². The van der Waals surface area contributed by atoms with Crippen LogP contribution in [0.25, 0.3) is 0 Å². The third kappa shape index (κ3) is 6.36. The summed E-state index contributed by atoms with van der Waals surface area (Å²) < 4.78 is 0. The molecule has 0 nitrogen and oxygen atoms in total. The molecule has 66 valence electrons. The lowest BCUT2D eigenvalue weighted by Gasteiger charge is -2.16. The molecule has 0 aromatic carbocycles. The second-order valence-electron chi connectivity index (χ2n) is 3.90. The Kier molecular flexibility index (Phi) is 5.57. The van der Waals surface area contributed by atoms with Crippen LogP contribution >= 0.6 is 0 Å². The highest BCUT2D eigenvalue weighted by Gasteiger charge is 2.14. The molecular formula is C10H22Si. The summed E-state index contributed by atoms with van der Waals surface area (Å²) in [5.74, 6) is 0. The first-order valence-electron chi connectivity index (χ1n) is 4.80. The molecule has 11 heavy (non-hydrogen) atoms. The standard InChI is InChI=1S/C10H22Si/c1-5-7-9-11(3,4)10-8-6-2/h7,9H,5-6,8,10H2,1-4H3/b9-7+. The van der Waals surface area contributed by atoms with Gasteiger partial charge in [-0.25, -0.2) is 0 Å².